The molecular formula is C17H19N3O4. The van der Waals surface area contributed by atoms with E-state index in [9.17, 15) is 4.79 Å². The molecule has 1 fully saturated rings. The van der Waals surface area contributed by atoms with Crippen LogP contribution in [0.3, 0.4) is 0 Å². The minimum Gasteiger partial charge on any atom is -0.493 e. The number of hydrogen-bond acceptors (Lipinski definition) is 6. The van der Waals surface area contributed by atoms with Crippen LogP contribution in [0.25, 0.3) is 0 Å². The molecule has 1 N–H and O–H groups in total. The Labute approximate surface area is 139 Å². The number of carbonyl (C=O) groups is 1. The molecule has 126 valence electrons. The lowest BCUT2D eigenvalue weighted by atomic mass is 10.1. The third kappa shape index (κ3) is 3.12. The molecule has 0 saturated carbocycles. The summed E-state index contributed by atoms with van der Waals surface area (Å²) in [6, 6.07) is 5.52. The molecule has 7 heteroatoms. The van der Waals surface area contributed by atoms with Gasteiger partial charge in [-0.25, -0.2) is 0 Å². The van der Waals surface area contributed by atoms with Crippen LogP contribution in [0.5, 0.6) is 5.75 Å². The number of nitrogens with zero attached hydrogens (tertiary/aromatic N) is 2. The van der Waals surface area contributed by atoms with Gasteiger partial charge in [-0.1, -0.05) is 5.16 Å². The smallest absolute Gasteiger partial charge is 0.255 e. The Morgan fingerprint density at radius 1 is 1.33 bits per heavy atom. The molecule has 24 heavy (non-hydrogen) atoms. The van der Waals surface area contributed by atoms with E-state index in [0.717, 1.165) is 37.2 Å². The van der Waals surface area contributed by atoms with E-state index in [4.69, 9.17) is 14.0 Å². The minimum absolute atomic E-state index is 0.0746. The average Bonchev–Trinajstić information content (AvgIpc) is 3.34. The van der Waals surface area contributed by atoms with Crippen LogP contribution >= 0.6 is 0 Å². The highest BCUT2D eigenvalue weighted by molar-refractivity contribution is 5.94. The zero-order chi connectivity index (χ0) is 16.4. The van der Waals surface area contributed by atoms with Gasteiger partial charge in [0.25, 0.3) is 11.8 Å². The third-order valence-electron chi connectivity index (χ3n) is 4.27. The first kappa shape index (κ1) is 15.1. The normalized spacial score (nSPS) is 19.1. The molecular weight excluding hydrogens is 310 g/mol. The highest BCUT2D eigenvalue weighted by atomic mass is 16.5. The van der Waals surface area contributed by atoms with Crippen molar-refractivity contribution in [3.05, 3.63) is 41.0 Å². The zero-order valence-electron chi connectivity index (χ0n) is 13.3. The molecule has 2 aliphatic heterocycles. The van der Waals surface area contributed by atoms with Gasteiger partial charge in [-0.15, -0.1) is 0 Å². The number of nitrogens with one attached hydrogen (secondary N) is 1. The Morgan fingerprint density at radius 3 is 3.17 bits per heavy atom. The van der Waals surface area contributed by atoms with Crippen molar-refractivity contribution in [2.45, 2.75) is 31.8 Å². The Kier molecular flexibility index (Phi) is 4.17. The first-order valence-electron chi connectivity index (χ1n) is 8.27. The summed E-state index contributed by atoms with van der Waals surface area (Å²) in [6.45, 7) is 1.88. The van der Waals surface area contributed by atoms with Crippen LogP contribution in [0.2, 0.25) is 0 Å². The van der Waals surface area contributed by atoms with Crippen LogP contribution in [-0.4, -0.2) is 35.8 Å². The van der Waals surface area contributed by atoms with Crippen molar-refractivity contribution >= 4 is 5.91 Å². The first-order valence-corrected chi connectivity index (χ1v) is 8.27. The molecule has 0 radical (unpaired) electrons. The Bertz CT molecular complexity index is 737. The van der Waals surface area contributed by atoms with Crippen molar-refractivity contribution < 1.29 is 18.8 Å². The second-order valence-corrected chi connectivity index (χ2v) is 5.98. The molecule has 2 aromatic rings. The van der Waals surface area contributed by atoms with Crippen molar-refractivity contribution in [3.63, 3.8) is 0 Å². The molecule has 2 aliphatic rings. The zero-order valence-corrected chi connectivity index (χ0v) is 13.3. The number of benzene rings is 1. The summed E-state index contributed by atoms with van der Waals surface area (Å²) in [5.74, 6) is 1.89. The number of amides is 1. The van der Waals surface area contributed by atoms with Gasteiger partial charge in [-0.2, -0.15) is 4.98 Å². The van der Waals surface area contributed by atoms with Gasteiger partial charge in [0.15, 0.2) is 5.82 Å². The van der Waals surface area contributed by atoms with Crippen molar-refractivity contribution in [3.8, 4) is 5.75 Å². The van der Waals surface area contributed by atoms with Crippen LogP contribution in [0.1, 0.15) is 46.6 Å². The molecule has 1 aromatic carbocycles. The summed E-state index contributed by atoms with van der Waals surface area (Å²) in [5.41, 5.74) is 1.73. The maximum Gasteiger partial charge on any atom is 0.255 e. The Hall–Kier alpha value is -2.41. The molecule has 3 heterocycles. The number of carbonyl (C=O) groups excluding carboxylic acids is 1. The summed E-state index contributed by atoms with van der Waals surface area (Å²) < 4.78 is 16.2. The van der Waals surface area contributed by atoms with Crippen molar-refractivity contribution in [1.82, 2.24) is 15.5 Å². The topological polar surface area (TPSA) is 86.5 Å². The predicted octanol–water partition coefficient (Wildman–Crippen LogP) is 1.83. The highest BCUT2D eigenvalue weighted by Gasteiger charge is 2.23. The molecule has 1 atom stereocenters. The molecule has 4 rings (SSSR count). The van der Waals surface area contributed by atoms with E-state index >= 15 is 0 Å². The van der Waals surface area contributed by atoms with Crippen molar-refractivity contribution in [2.24, 2.45) is 0 Å². The summed E-state index contributed by atoms with van der Waals surface area (Å²) in [6.07, 6.45) is 3.24. The van der Waals surface area contributed by atoms with Crippen LogP contribution in [0, 0.1) is 0 Å². The largest absolute Gasteiger partial charge is 0.493 e. The van der Waals surface area contributed by atoms with Gasteiger partial charge in [0, 0.05) is 31.6 Å². The lowest BCUT2D eigenvalue weighted by Gasteiger charge is -2.05. The number of hydrogen-bond donors (Lipinski definition) is 1. The molecule has 1 aromatic heterocycles. The molecule has 1 saturated heterocycles. The Morgan fingerprint density at radius 2 is 2.29 bits per heavy atom. The van der Waals surface area contributed by atoms with E-state index in [0.29, 0.717) is 36.9 Å². The van der Waals surface area contributed by atoms with E-state index in [1.165, 1.54) is 0 Å². The van der Waals surface area contributed by atoms with Crippen LogP contribution in [-0.2, 0) is 17.6 Å². The molecule has 0 bridgehead atoms. The van der Waals surface area contributed by atoms with Gasteiger partial charge in [-0.05, 0) is 36.6 Å². The fourth-order valence-electron chi connectivity index (χ4n) is 2.99. The van der Waals surface area contributed by atoms with Gasteiger partial charge in [0.1, 0.15) is 11.9 Å². The van der Waals surface area contributed by atoms with Crippen LogP contribution < -0.4 is 10.1 Å². The van der Waals surface area contributed by atoms with E-state index in [1.54, 1.807) is 6.07 Å². The lowest BCUT2D eigenvalue weighted by molar-refractivity contribution is 0.0835. The molecule has 1 amide bonds. The van der Waals surface area contributed by atoms with Crippen LogP contribution in [0.4, 0.5) is 0 Å². The van der Waals surface area contributed by atoms with Gasteiger partial charge in [0.2, 0.25) is 0 Å². The van der Waals surface area contributed by atoms with E-state index < -0.39 is 0 Å². The maximum atomic E-state index is 12.2. The average molecular weight is 329 g/mol. The van der Waals surface area contributed by atoms with Gasteiger partial charge in [0.05, 0.1) is 6.61 Å². The van der Waals surface area contributed by atoms with E-state index in [-0.39, 0.29) is 12.0 Å². The van der Waals surface area contributed by atoms with Gasteiger partial charge < -0.3 is 19.3 Å². The molecule has 7 nitrogen and oxygen atoms in total. The summed E-state index contributed by atoms with van der Waals surface area (Å²) in [5, 5.41) is 6.83. The summed E-state index contributed by atoms with van der Waals surface area (Å²) >= 11 is 0. The fourth-order valence-corrected chi connectivity index (χ4v) is 2.99. The van der Waals surface area contributed by atoms with Gasteiger partial charge >= 0.3 is 0 Å². The molecule has 0 aliphatic carbocycles. The quantitative estimate of drug-likeness (QED) is 0.900. The molecule has 0 spiro atoms. The number of rotatable bonds is 5. The highest BCUT2D eigenvalue weighted by Crippen LogP contribution is 2.27. The Balaban J connectivity index is 1.30. The van der Waals surface area contributed by atoms with E-state index in [2.05, 4.69) is 15.5 Å². The number of aromatic nitrogens is 2. The predicted molar refractivity (Wildman–Crippen MR) is 83.9 cm³/mol. The second-order valence-electron chi connectivity index (χ2n) is 5.98. The summed E-state index contributed by atoms with van der Waals surface area (Å²) in [7, 11) is 0. The van der Waals surface area contributed by atoms with Gasteiger partial charge in [-0.3, -0.25) is 4.79 Å². The number of fused-ring (bicyclic) bond motifs is 1. The minimum atomic E-state index is -0.104. The maximum absolute atomic E-state index is 12.2. The summed E-state index contributed by atoms with van der Waals surface area (Å²) in [4.78, 5) is 16.6. The SMILES string of the molecule is O=C(NCCc1noc([C@@H]2CCCO2)n1)c1ccc2c(c1)CCO2. The van der Waals surface area contributed by atoms with Crippen LogP contribution in [0.15, 0.2) is 22.7 Å². The fraction of sp³-hybridized carbons (Fsp3) is 0.471. The lowest BCUT2D eigenvalue weighted by Crippen LogP contribution is -2.26. The molecule has 0 unspecified atom stereocenters. The van der Waals surface area contributed by atoms with E-state index in [1.807, 2.05) is 12.1 Å². The third-order valence-corrected chi connectivity index (χ3v) is 4.27. The monoisotopic (exact) mass is 329 g/mol. The van der Waals surface area contributed by atoms with Crippen molar-refractivity contribution in [2.75, 3.05) is 19.8 Å². The van der Waals surface area contributed by atoms with Crippen molar-refractivity contribution in [1.29, 1.82) is 0 Å². The second kappa shape index (κ2) is 6.60. The standard InChI is InChI=1S/C17H19N3O4/c21-16(12-3-4-13-11(10-12)6-9-23-13)18-7-5-15-19-17(24-20-15)14-2-1-8-22-14/h3-4,10,14H,1-2,5-9H2,(H,18,21)/t14-/m0/s1. The number of ether oxygens (including phenoxy) is 2. The first-order chi connectivity index (χ1) is 11.8.